The van der Waals surface area contributed by atoms with E-state index in [0.717, 1.165) is 0 Å². The Morgan fingerprint density at radius 3 is 2.60 bits per heavy atom. The van der Waals surface area contributed by atoms with Crippen molar-refractivity contribution < 1.29 is 19.8 Å². The minimum Gasteiger partial charge on any atom is -0.550 e. The third kappa shape index (κ3) is 5.01. The molecular formula is C15H20NO4-. The normalized spacial score (nSPS) is 13.6. The van der Waals surface area contributed by atoms with Crippen LogP contribution in [0.4, 0.5) is 5.69 Å². The summed E-state index contributed by atoms with van der Waals surface area (Å²) in [5.41, 5.74) is 0.682. The first-order valence-corrected chi connectivity index (χ1v) is 6.58. The van der Waals surface area contributed by atoms with Crippen LogP contribution >= 0.6 is 0 Å². The van der Waals surface area contributed by atoms with Crippen LogP contribution in [0.2, 0.25) is 0 Å². The summed E-state index contributed by atoms with van der Waals surface area (Å²) in [6, 6.07) is 6.89. The van der Waals surface area contributed by atoms with Gasteiger partial charge in [-0.15, -0.1) is 0 Å². The number of carboxylic acid groups (broad SMARTS) is 1. The molecule has 110 valence electrons. The van der Waals surface area contributed by atoms with E-state index in [2.05, 4.69) is 5.32 Å². The maximum atomic E-state index is 12.0. The Hall–Kier alpha value is -1.88. The summed E-state index contributed by atoms with van der Waals surface area (Å²) in [7, 11) is 0. The highest BCUT2D eigenvalue weighted by Gasteiger charge is 2.26. The molecule has 5 heteroatoms. The summed E-state index contributed by atoms with van der Waals surface area (Å²) >= 11 is 0. The van der Waals surface area contributed by atoms with E-state index < -0.39 is 11.4 Å². The number of amides is 1. The Morgan fingerprint density at radius 2 is 2.05 bits per heavy atom. The van der Waals surface area contributed by atoms with Crippen LogP contribution in [0.1, 0.15) is 38.7 Å². The van der Waals surface area contributed by atoms with Crippen LogP contribution in [0, 0.1) is 5.41 Å². The van der Waals surface area contributed by atoms with E-state index in [1.54, 1.807) is 31.2 Å². The Kier molecular flexibility index (Phi) is 5.70. The summed E-state index contributed by atoms with van der Waals surface area (Å²) in [5.74, 6) is -1.39. The molecular weight excluding hydrogens is 258 g/mol. The monoisotopic (exact) mass is 278 g/mol. The maximum absolute atomic E-state index is 12.0. The molecule has 0 saturated heterocycles. The number of hydrogen-bond acceptors (Lipinski definition) is 4. The van der Waals surface area contributed by atoms with Crippen LogP contribution in [0.15, 0.2) is 24.3 Å². The van der Waals surface area contributed by atoms with Crippen LogP contribution in [-0.4, -0.2) is 17.0 Å². The van der Waals surface area contributed by atoms with Crippen LogP contribution in [0.5, 0.6) is 0 Å². The predicted octanol–water partition coefficient (Wildman–Crippen LogP) is 1.06. The molecule has 0 fully saturated rings. The molecule has 0 unspecified atom stereocenters. The number of aliphatic hydroxyl groups is 1. The van der Waals surface area contributed by atoms with Gasteiger partial charge in [0.15, 0.2) is 0 Å². The molecule has 0 aliphatic heterocycles. The van der Waals surface area contributed by atoms with Gasteiger partial charge in [-0.1, -0.05) is 26.0 Å². The van der Waals surface area contributed by atoms with Crippen LogP contribution < -0.4 is 10.4 Å². The highest BCUT2D eigenvalue weighted by atomic mass is 16.4. The van der Waals surface area contributed by atoms with Crippen LogP contribution in [0.3, 0.4) is 0 Å². The fourth-order valence-electron chi connectivity index (χ4n) is 2.00. The number of aliphatic hydroxyl groups excluding tert-OH is 1. The molecule has 0 saturated carbocycles. The van der Waals surface area contributed by atoms with Gasteiger partial charge in [0.05, 0.1) is 6.61 Å². The zero-order valence-corrected chi connectivity index (χ0v) is 11.8. The molecule has 0 aliphatic rings. The van der Waals surface area contributed by atoms with Gasteiger partial charge in [-0.2, -0.15) is 0 Å². The van der Waals surface area contributed by atoms with E-state index in [4.69, 9.17) is 5.11 Å². The molecule has 20 heavy (non-hydrogen) atoms. The Morgan fingerprint density at radius 1 is 1.35 bits per heavy atom. The zero-order valence-electron chi connectivity index (χ0n) is 11.8. The second-order valence-corrected chi connectivity index (χ2v) is 5.30. The molecule has 5 nitrogen and oxygen atoms in total. The molecule has 0 aromatic heterocycles. The number of carbonyl (C=O) groups is 2. The Balaban J connectivity index is 2.68. The molecule has 2 N–H and O–H groups in total. The lowest BCUT2D eigenvalue weighted by atomic mass is 9.80. The Bertz CT molecular complexity index is 487. The van der Waals surface area contributed by atoms with Crippen molar-refractivity contribution in [2.45, 2.75) is 39.7 Å². The van der Waals surface area contributed by atoms with Crippen molar-refractivity contribution in [1.82, 2.24) is 0 Å². The van der Waals surface area contributed by atoms with Crippen molar-refractivity contribution in [2.24, 2.45) is 5.41 Å². The van der Waals surface area contributed by atoms with E-state index in [1.807, 2.05) is 6.92 Å². The number of benzene rings is 1. The molecule has 0 aliphatic carbocycles. The average molecular weight is 278 g/mol. The first-order chi connectivity index (χ1) is 9.38. The standard InChI is InChI=1S/C15H21NO4/c1-3-15(2,9-14(19)20)8-13(18)16-12-6-4-5-11(7-12)10-17/h4-7,17H,3,8-10H2,1-2H3,(H,16,18)(H,19,20)/p-1/t15-/m1/s1. The fourth-order valence-corrected chi connectivity index (χ4v) is 2.00. The molecule has 0 radical (unpaired) electrons. The van der Waals surface area contributed by atoms with E-state index in [9.17, 15) is 14.7 Å². The largest absolute Gasteiger partial charge is 0.550 e. The topological polar surface area (TPSA) is 89.5 Å². The minimum atomic E-state index is -1.15. The molecule has 0 spiro atoms. The van der Waals surface area contributed by atoms with E-state index >= 15 is 0 Å². The third-order valence-corrected chi connectivity index (χ3v) is 3.41. The third-order valence-electron chi connectivity index (χ3n) is 3.41. The molecule has 1 rings (SSSR count). The van der Waals surface area contributed by atoms with Crippen molar-refractivity contribution in [1.29, 1.82) is 0 Å². The van der Waals surface area contributed by atoms with E-state index in [1.165, 1.54) is 0 Å². The summed E-state index contributed by atoms with van der Waals surface area (Å²) in [6.07, 6.45) is 0.541. The molecule has 1 amide bonds. The lowest BCUT2D eigenvalue weighted by Crippen LogP contribution is -2.33. The lowest BCUT2D eigenvalue weighted by molar-refractivity contribution is -0.308. The number of carboxylic acids is 1. The highest BCUT2D eigenvalue weighted by Crippen LogP contribution is 2.30. The van der Waals surface area contributed by atoms with Crippen molar-refractivity contribution in [3.05, 3.63) is 29.8 Å². The first kappa shape index (κ1) is 16.2. The molecule has 0 bridgehead atoms. The van der Waals surface area contributed by atoms with Gasteiger partial charge in [0, 0.05) is 18.1 Å². The van der Waals surface area contributed by atoms with Crippen molar-refractivity contribution in [2.75, 3.05) is 5.32 Å². The highest BCUT2D eigenvalue weighted by molar-refractivity contribution is 5.91. The van der Waals surface area contributed by atoms with Gasteiger partial charge in [0.2, 0.25) is 5.91 Å². The summed E-state index contributed by atoms with van der Waals surface area (Å²) in [4.78, 5) is 22.7. The SMILES string of the molecule is CC[C@@](C)(CC(=O)[O-])CC(=O)Nc1cccc(CO)c1. The van der Waals surface area contributed by atoms with Gasteiger partial charge in [-0.3, -0.25) is 4.79 Å². The summed E-state index contributed by atoms with van der Waals surface area (Å²) in [6.45, 7) is 3.51. The van der Waals surface area contributed by atoms with Crippen molar-refractivity contribution in [3.8, 4) is 0 Å². The Labute approximate surface area is 118 Å². The smallest absolute Gasteiger partial charge is 0.224 e. The van der Waals surface area contributed by atoms with Gasteiger partial charge in [0.25, 0.3) is 0 Å². The van der Waals surface area contributed by atoms with Gasteiger partial charge >= 0.3 is 0 Å². The predicted molar refractivity (Wildman–Crippen MR) is 73.6 cm³/mol. The minimum absolute atomic E-state index is 0.0962. The molecule has 1 aromatic rings. The number of anilines is 1. The quantitative estimate of drug-likeness (QED) is 0.780. The number of hydrogen-bond donors (Lipinski definition) is 2. The van der Waals surface area contributed by atoms with Gasteiger partial charge in [-0.05, 0) is 36.0 Å². The van der Waals surface area contributed by atoms with Gasteiger partial charge < -0.3 is 20.3 Å². The number of rotatable bonds is 7. The number of nitrogens with one attached hydrogen (secondary N) is 1. The maximum Gasteiger partial charge on any atom is 0.224 e. The fraction of sp³-hybridized carbons (Fsp3) is 0.467. The number of aliphatic carboxylic acids is 1. The van der Waals surface area contributed by atoms with Crippen LogP contribution in [0.25, 0.3) is 0 Å². The molecule has 1 aromatic carbocycles. The average Bonchev–Trinajstić information content (AvgIpc) is 2.37. The molecule has 0 heterocycles. The van der Waals surface area contributed by atoms with Gasteiger partial charge in [-0.25, -0.2) is 0 Å². The lowest BCUT2D eigenvalue weighted by Gasteiger charge is -2.28. The van der Waals surface area contributed by atoms with Gasteiger partial charge in [0.1, 0.15) is 0 Å². The summed E-state index contributed by atoms with van der Waals surface area (Å²) < 4.78 is 0. The van der Waals surface area contributed by atoms with E-state index in [0.29, 0.717) is 17.7 Å². The van der Waals surface area contributed by atoms with Crippen molar-refractivity contribution >= 4 is 17.6 Å². The summed E-state index contributed by atoms with van der Waals surface area (Å²) in [5, 5.41) is 22.5. The number of carbonyl (C=O) groups excluding carboxylic acids is 2. The van der Waals surface area contributed by atoms with Crippen LogP contribution in [-0.2, 0) is 16.2 Å². The second kappa shape index (κ2) is 7.05. The zero-order chi connectivity index (χ0) is 15.2. The van der Waals surface area contributed by atoms with Crippen molar-refractivity contribution in [3.63, 3.8) is 0 Å². The first-order valence-electron chi connectivity index (χ1n) is 6.58. The van der Waals surface area contributed by atoms with E-state index in [-0.39, 0.29) is 25.4 Å². The molecule has 1 atom stereocenters. The second-order valence-electron chi connectivity index (χ2n) is 5.30.